The lowest BCUT2D eigenvalue weighted by Gasteiger charge is -2.12. The van der Waals surface area contributed by atoms with Crippen LogP contribution in [0.4, 0.5) is 16.6 Å². The number of fused-ring (bicyclic) bond motifs is 2. The summed E-state index contributed by atoms with van der Waals surface area (Å²) in [6.07, 6.45) is 0. The van der Waals surface area contributed by atoms with Gasteiger partial charge < -0.3 is 11.5 Å². The number of carbonyl (C=O) groups excluding carboxylic acids is 1. The molecule has 1 amide bonds. The van der Waals surface area contributed by atoms with Crippen LogP contribution in [-0.2, 0) is 0 Å². The smallest absolute Gasteiger partial charge is 0.269 e. The predicted octanol–water partition coefficient (Wildman–Crippen LogP) is 4.32. The molecular weight excluding hydrogens is 392 g/mol. The van der Waals surface area contributed by atoms with E-state index in [1.54, 1.807) is 0 Å². The fourth-order valence-electron chi connectivity index (χ4n) is 3.14. The van der Waals surface area contributed by atoms with Crippen LogP contribution in [0.5, 0.6) is 0 Å². The third-order valence-electron chi connectivity index (χ3n) is 4.35. The SMILES string of the molecule is CC(C)c1c(C#N)c(N)nc2sc(C(=O)Nc3nc4ccccc4s3)c(N)c12. The van der Waals surface area contributed by atoms with Gasteiger partial charge in [0.15, 0.2) is 5.13 Å². The third-order valence-corrected chi connectivity index (χ3v) is 6.40. The predicted molar refractivity (Wildman–Crippen MR) is 115 cm³/mol. The number of hydrogen-bond donors (Lipinski definition) is 3. The quantitative estimate of drug-likeness (QED) is 0.463. The molecule has 5 N–H and O–H groups in total. The number of hydrogen-bond acceptors (Lipinski definition) is 8. The van der Waals surface area contributed by atoms with E-state index >= 15 is 0 Å². The van der Waals surface area contributed by atoms with Crippen LogP contribution in [-0.4, -0.2) is 15.9 Å². The lowest BCUT2D eigenvalue weighted by Crippen LogP contribution is -2.11. The number of thiazole rings is 1. The van der Waals surface area contributed by atoms with Gasteiger partial charge in [0.1, 0.15) is 21.6 Å². The fourth-order valence-corrected chi connectivity index (χ4v) is 5.02. The zero-order chi connectivity index (χ0) is 20.0. The lowest BCUT2D eigenvalue weighted by molar-refractivity contribution is 0.103. The molecule has 3 heterocycles. The number of aromatic nitrogens is 2. The highest BCUT2D eigenvalue weighted by molar-refractivity contribution is 7.23. The maximum Gasteiger partial charge on any atom is 0.269 e. The lowest BCUT2D eigenvalue weighted by atomic mass is 9.95. The molecule has 0 aliphatic heterocycles. The van der Waals surface area contributed by atoms with E-state index in [0.717, 1.165) is 27.1 Å². The van der Waals surface area contributed by atoms with Gasteiger partial charge in [-0.3, -0.25) is 10.1 Å². The number of nitriles is 1. The summed E-state index contributed by atoms with van der Waals surface area (Å²) in [4.78, 5) is 22.5. The van der Waals surface area contributed by atoms with Crippen molar-refractivity contribution in [2.24, 2.45) is 0 Å². The van der Waals surface area contributed by atoms with Crippen LogP contribution in [0.1, 0.15) is 40.6 Å². The Morgan fingerprint density at radius 3 is 2.64 bits per heavy atom. The van der Waals surface area contributed by atoms with Gasteiger partial charge >= 0.3 is 0 Å². The van der Waals surface area contributed by atoms with E-state index in [1.807, 2.05) is 38.1 Å². The van der Waals surface area contributed by atoms with Crippen molar-refractivity contribution in [2.75, 3.05) is 16.8 Å². The van der Waals surface area contributed by atoms with Gasteiger partial charge in [-0.05, 0) is 23.6 Å². The van der Waals surface area contributed by atoms with Crippen LogP contribution >= 0.6 is 22.7 Å². The van der Waals surface area contributed by atoms with Gasteiger partial charge in [-0.1, -0.05) is 37.3 Å². The van der Waals surface area contributed by atoms with Crippen molar-refractivity contribution >= 4 is 65.7 Å². The summed E-state index contributed by atoms with van der Waals surface area (Å²) >= 11 is 2.55. The number of nitrogen functional groups attached to an aromatic ring is 2. The molecule has 0 unspecified atom stereocenters. The average Bonchev–Trinajstić information content (AvgIpc) is 3.20. The standard InChI is InChI=1S/C19H16N6OS2/c1-8(2)12-9(7-20)16(22)24-18-13(12)14(21)15(28-18)17(26)25-19-23-10-5-3-4-6-11(10)27-19/h3-6,8H,21H2,1-2H3,(H2,22,24)(H,23,25,26). The summed E-state index contributed by atoms with van der Waals surface area (Å²) in [6, 6.07) is 9.77. The minimum Gasteiger partial charge on any atom is -0.397 e. The van der Waals surface area contributed by atoms with Crippen molar-refractivity contribution in [3.05, 3.63) is 40.3 Å². The van der Waals surface area contributed by atoms with E-state index in [-0.39, 0.29) is 17.6 Å². The highest BCUT2D eigenvalue weighted by atomic mass is 32.1. The van der Waals surface area contributed by atoms with E-state index in [2.05, 4.69) is 21.4 Å². The molecule has 140 valence electrons. The van der Waals surface area contributed by atoms with E-state index in [1.165, 1.54) is 11.3 Å². The summed E-state index contributed by atoms with van der Waals surface area (Å²) in [5.41, 5.74) is 14.4. The first-order valence-corrected chi connectivity index (χ1v) is 10.1. The molecule has 0 saturated carbocycles. The highest BCUT2D eigenvalue weighted by Crippen LogP contribution is 2.41. The van der Waals surface area contributed by atoms with E-state index in [4.69, 9.17) is 11.5 Å². The molecule has 9 heteroatoms. The number of nitrogens with zero attached hydrogens (tertiary/aromatic N) is 3. The number of nitrogens with one attached hydrogen (secondary N) is 1. The zero-order valence-electron chi connectivity index (χ0n) is 15.1. The topological polar surface area (TPSA) is 131 Å². The first-order chi connectivity index (χ1) is 13.4. The van der Waals surface area contributed by atoms with Crippen molar-refractivity contribution in [1.82, 2.24) is 9.97 Å². The second-order valence-corrected chi connectivity index (χ2v) is 8.55. The number of para-hydroxylation sites is 1. The van der Waals surface area contributed by atoms with Gasteiger partial charge in [0.05, 0.1) is 21.5 Å². The number of benzene rings is 1. The minimum absolute atomic E-state index is 0.000442. The number of rotatable bonds is 3. The summed E-state index contributed by atoms with van der Waals surface area (Å²) in [7, 11) is 0. The number of thiophene rings is 1. The van der Waals surface area contributed by atoms with Crippen molar-refractivity contribution in [3.63, 3.8) is 0 Å². The van der Waals surface area contributed by atoms with Crippen LogP contribution in [0.3, 0.4) is 0 Å². The summed E-state index contributed by atoms with van der Waals surface area (Å²) in [5.74, 6) is -0.205. The average molecular weight is 409 g/mol. The van der Waals surface area contributed by atoms with Crippen molar-refractivity contribution in [1.29, 1.82) is 5.26 Å². The Bertz CT molecular complexity index is 1250. The molecule has 0 aliphatic rings. The van der Waals surface area contributed by atoms with E-state index in [0.29, 0.717) is 31.5 Å². The Balaban J connectivity index is 1.80. The van der Waals surface area contributed by atoms with Crippen molar-refractivity contribution < 1.29 is 4.79 Å². The molecule has 3 aromatic heterocycles. The maximum atomic E-state index is 12.9. The van der Waals surface area contributed by atoms with Crippen LogP contribution < -0.4 is 16.8 Å². The highest BCUT2D eigenvalue weighted by Gasteiger charge is 2.25. The fraction of sp³-hybridized carbons (Fsp3) is 0.158. The Morgan fingerprint density at radius 1 is 1.21 bits per heavy atom. The number of carbonyl (C=O) groups is 1. The normalized spacial score (nSPS) is 11.2. The molecule has 0 bridgehead atoms. The number of pyridine rings is 1. The molecule has 0 aliphatic carbocycles. The van der Waals surface area contributed by atoms with Gasteiger partial charge in [0.25, 0.3) is 5.91 Å². The largest absolute Gasteiger partial charge is 0.397 e. The number of anilines is 3. The summed E-state index contributed by atoms with van der Waals surface area (Å²) < 4.78 is 0.984. The van der Waals surface area contributed by atoms with E-state index < -0.39 is 0 Å². The molecule has 7 nitrogen and oxygen atoms in total. The molecule has 4 aromatic rings. The van der Waals surface area contributed by atoms with Gasteiger partial charge in [0, 0.05) is 5.39 Å². The second kappa shape index (κ2) is 6.74. The van der Waals surface area contributed by atoms with Gasteiger partial charge in [0.2, 0.25) is 0 Å². The Hall–Kier alpha value is -3.22. The van der Waals surface area contributed by atoms with Gasteiger partial charge in [-0.15, -0.1) is 11.3 Å². The molecular formula is C19H16N6OS2. The molecule has 0 spiro atoms. The second-order valence-electron chi connectivity index (χ2n) is 6.52. The molecule has 0 atom stereocenters. The van der Waals surface area contributed by atoms with Crippen molar-refractivity contribution in [3.8, 4) is 6.07 Å². The third kappa shape index (κ3) is 2.83. The first kappa shape index (κ1) is 18.2. The van der Waals surface area contributed by atoms with Crippen LogP contribution in [0.15, 0.2) is 24.3 Å². The molecule has 0 saturated heterocycles. The van der Waals surface area contributed by atoms with Crippen LogP contribution in [0.25, 0.3) is 20.4 Å². The zero-order valence-corrected chi connectivity index (χ0v) is 16.7. The van der Waals surface area contributed by atoms with Crippen LogP contribution in [0, 0.1) is 11.3 Å². The molecule has 0 fully saturated rings. The van der Waals surface area contributed by atoms with Crippen LogP contribution in [0.2, 0.25) is 0 Å². The summed E-state index contributed by atoms with van der Waals surface area (Å²) in [5, 5.41) is 13.4. The maximum absolute atomic E-state index is 12.9. The Morgan fingerprint density at radius 2 is 1.96 bits per heavy atom. The number of amides is 1. The molecule has 0 radical (unpaired) electrons. The first-order valence-electron chi connectivity index (χ1n) is 8.49. The van der Waals surface area contributed by atoms with Crippen molar-refractivity contribution in [2.45, 2.75) is 19.8 Å². The van der Waals surface area contributed by atoms with Gasteiger partial charge in [-0.25, -0.2) is 9.97 Å². The molecule has 1 aromatic carbocycles. The van der Waals surface area contributed by atoms with Gasteiger partial charge in [-0.2, -0.15) is 5.26 Å². The van der Waals surface area contributed by atoms with E-state index in [9.17, 15) is 10.1 Å². The summed E-state index contributed by atoms with van der Waals surface area (Å²) in [6.45, 7) is 3.90. The molecule has 4 rings (SSSR count). The molecule has 28 heavy (non-hydrogen) atoms. The Labute approximate surface area is 168 Å². The minimum atomic E-state index is -0.355. The monoisotopic (exact) mass is 408 g/mol. The Kier molecular flexibility index (Phi) is 4.37. The number of nitrogens with two attached hydrogens (primary N) is 2.